The number of aldehydes is 1. The fraction of sp³-hybridized carbons (Fsp3) is 0.421. The quantitative estimate of drug-likeness (QED) is 0.605. The van der Waals surface area contributed by atoms with E-state index < -0.39 is 11.7 Å². The number of carbonyl (C=O) groups is 2. The molecule has 0 unspecified atom stereocenters. The molecule has 1 aromatic heterocycles. The van der Waals surface area contributed by atoms with Gasteiger partial charge in [0.05, 0.1) is 18.7 Å². The van der Waals surface area contributed by atoms with Gasteiger partial charge in [0.25, 0.3) is 5.56 Å². The van der Waals surface area contributed by atoms with Gasteiger partial charge in [0, 0.05) is 18.7 Å². The van der Waals surface area contributed by atoms with Gasteiger partial charge in [-0.2, -0.15) is 0 Å². The smallest absolute Gasteiger partial charge is 0.407 e. The Kier molecular flexibility index (Phi) is 6.38. The summed E-state index contributed by atoms with van der Waals surface area (Å²) in [7, 11) is 0. The highest BCUT2D eigenvalue weighted by Gasteiger charge is 2.15. The van der Waals surface area contributed by atoms with E-state index >= 15 is 0 Å². The number of rotatable bonds is 7. The summed E-state index contributed by atoms with van der Waals surface area (Å²) in [6.45, 7) is 6.24. The summed E-state index contributed by atoms with van der Waals surface area (Å²) in [4.78, 5) is 34.2. The van der Waals surface area contributed by atoms with Gasteiger partial charge < -0.3 is 24.2 Å². The van der Waals surface area contributed by atoms with Crippen molar-refractivity contribution < 1.29 is 19.1 Å². The number of nitrogens with one attached hydrogen (secondary N) is 1. The van der Waals surface area contributed by atoms with Crippen LogP contribution >= 0.6 is 0 Å². The van der Waals surface area contributed by atoms with Crippen molar-refractivity contribution in [2.45, 2.75) is 39.3 Å². The topological polar surface area (TPSA) is 86.6 Å². The van der Waals surface area contributed by atoms with Crippen molar-refractivity contribution in [3.05, 3.63) is 40.7 Å². The second-order valence-corrected chi connectivity index (χ2v) is 6.80. The number of benzene rings is 1. The van der Waals surface area contributed by atoms with Gasteiger partial charge in [0.2, 0.25) is 0 Å². The lowest BCUT2D eigenvalue weighted by atomic mass is 10.2. The van der Waals surface area contributed by atoms with Crippen LogP contribution in [-0.2, 0) is 16.1 Å². The highest BCUT2D eigenvalue weighted by atomic mass is 16.6. The molecule has 2 aromatic rings. The first-order valence-corrected chi connectivity index (χ1v) is 8.47. The molecular formula is C19H24N2O5. The Morgan fingerprint density at radius 1 is 1.23 bits per heavy atom. The van der Waals surface area contributed by atoms with E-state index in [0.717, 1.165) is 5.39 Å². The second-order valence-electron chi connectivity index (χ2n) is 6.80. The molecule has 0 bridgehead atoms. The van der Waals surface area contributed by atoms with E-state index in [9.17, 15) is 14.4 Å². The van der Waals surface area contributed by atoms with Gasteiger partial charge in [-0.25, -0.2) is 4.79 Å². The number of amides is 1. The Morgan fingerprint density at radius 3 is 2.65 bits per heavy atom. The SMILES string of the molecule is CC(C)(C)OC(=O)NCCCOc1ccc2ccc(=O)n(CC=O)c2c1. The van der Waals surface area contributed by atoms with Crippen molar-refractivity contribution in [2.75, 3.05) is 13.2 Å². The summed E-state index contributed by atoms with van der Waals surface area (Å²) in [6, 6.07) is 8.54. The van der Waals surface area contributed by atoms with E-state index in [1.807, 2.05) is 6.07 Å². The zero-order chi connectivity index (χ0) is 19.2. The van der Waals surface area contributed by atoms with Gasteiger partial charge in [-0.1, -0.05) is 0 Å². The third kappa shape index (κ3) is 5.61. The number of alkyl carbamates (subject to hydrolysis) is 1. The van der Waals surface area contributed by atoms with Crippen molar-refractivity contribution >= 4 is 23.3 Å². The molecule has 0 saturated carbocycles. The molecule has 0 aliphatic carbocycles. The molecule has 1 heterocycles. The lowest BCUT2D eigenvalue weighted by molar-refractivity contribution is -0.108. The molecule has 7 nitrogen and oxygen atoms in total. The van der Waals surface area contributed by atoms with E-state index in [1.165, 1.54) is 10.6 Å². The minimum absolute atomic E-state index is 0.000560. The molecule has 1 amide bonds. The largest absolute Gasteiger partial charge is 0.493 e. The molecule has 0 aliphatic heterocycles. The second kappa shape index (κ2) is 8.51. The van der Waals surface area contributed by atoms with Crippen LogP contribution < -0.4 is 15.6 Å². The van der Waals surface area contributed by atoms with Crippen LogP contribution in [0.4, 0.5) is 4.79 Å². The maximum absolute atomic E-state index is 11.9. The molecule has 0 aliphatic rings. The minimum Gasteiger partial charge on any atom is -0.493 e. The average molecular weight is 360 g/mol. The number of ether oxygens (including phenoxy) is 2. The summed E-state index contributed by atoms with van der Waals surface area (Å²) in [5.41, 5.74) is -0.111. The number of hydrogen-bond acceptors (Lipinski definition) is 5. The highest BCUT2D eigenvalue weighted by molar-refractivity contribution is 5.81. The predicted molar refractivity (Wildman–Crippen MR) is 98.6 cm³/mol. The van der Waals surface area contributed by atoms with E-state index in [0.29, 0.717) is 37.1 Å². The van der Waals surface area contributed by atoms with Crippen LogP contribution in [0.25, 0.3) is 10.9 Å². The maximum atomic E-state index is 11.9. The molecule has 0 saturated heterocycles. The molecular weight excluding hydrogens is 336 g/mol. The van der Waals surface area contributed by atoms with Gasteiger partial charge >= 0.3 is 6.09 Å². The first-order valence-electron chi connectivity index (χ1n) is 8.47. The highest BCUT2D eigenvalue weighted by Crippen LogP contribution is 2.19. The number of hydrogen-bond donors (Lipinski definition) is 1. The van der Waals surface area contributed by atoms with Gasteiger partial charge in [-0.05, 0) is 50.8 Å². The molecule has 7 heteroatoms. The van der Waals surface area contributed by atoms with Crippen molar-refractivity contribution in [1.82, 2.24) is 9.88 Å². The molecule has 0 spiro atoms. The van der Waals surface area contributed by atoms with Crippen molar-refractivity contribution in [2.24, 2.45) is 0 Å². The van der Waals surface area contributed by atoms with E-state index in [4.69, 9.17) is 9.47 Å². The third-order valence-corrected chi connectivity index (χ3v) is 3.48. The molecule has 1 N–H and O–H groups in total. The summed E-state index contributed by atoms with van der Waals surface area (Å²) in [6.07, 6.45) is 0.838. The monoisotopic (exact) mass is 360 g/mol. The Hall–Kier alpha value is -2.83. The maximum Gasteiger partial charge on any atom is 0.407 e. The zero-order valence-electron chi connectivity index (χ0n) is 15.3. The predicted octanol–water partition coefficient (Wildman–Crippen LogP) is 2.49. The number of pyridine rings is 1. The van der Waals surface area contributed by atoms with Crippen LogP contribution in [0.3, 0.4) is 0 Å². The van der Waals surface area contributed by atoms with Crippen LogP contribution in [-0.4, -0.2) is 35.7 Å². The van der Waals surface area contributed by atoms with Crippen molar-refractivity contribution in [3.63, 3.8) is 0 Å². The third-order valence-electron chi connectivity index (χ3n) is 3.48. The van der Waals surface area contributed by atoms with E-state index in [-0.39, 0.29) is 12.1 Å². The van der Waals surface area contributed by atoms with Crippen molar-refractivity contribution in [3.8, 4) is 5.75 Å². The van der Waals surface area contributed by atoms with Crippen LogP contribution in [0.2, 0.25) is 0 Å². The van der Waals surface area contributed by atoms with Crippen LogP contribution in [0.1, 0.15) is 27.2 Å². The molecule has 140 valence electrons. The summed E-state index contributed by atoms with van der Waals surface area (Å²) in [5.74, 6) is 0.597. The lowest BCUT2D eigenvalue weighted by Gasteiger charge is -2.19. The number of fused-ring (bicyclic) bond motifs is 1. The standard InChI is InChI=1S/C19H24N2O5/c1-19(2,3)26-18(24)20-9-4-12-25-15-7-5-14-6-8-17(23)21(10-11-22)16(14)13-15/h5-8,11,13H,4,9-10,12H2,1-3H3,(H,20,24). The Morgan fingerprint density at radius 2 is 1.96 bits per heavy atom. The lowest BCUT2D eigenvalue weighted by Crippen LogP contribution is -2.33. The number of nitrogens with zero attached hydrogens (tertiary/aromatic N) is 1. The molecule has 0 fully saturated rings. The van der Waals surface area contributed by atoms with Crippen molar-refractivity contribution in [1.29, 1.82) is 0 Å². The Bertz CT molecular complexity index is 836. The molecule has 0 atom stereocenters. The van der Waals surface area contributed by atoms with Crippen LogP contribution in [0.15, 0.2) is 35.1 Å². The molecule has 2 rings (SSSR count). The average Bonchev–Trinajstić information content (AvgIpc) is 2.55. The van der Waals surface area contributed by atoms with Gasteiger partial charge in [-0.3, -0.25) is 4.79 Å². The summed E-state index contributed by atoms with van der Waals surface area (Å²) in [5, 5.41) is 3.52. The van der Waals surface area contributed by atoms with Crippen LogP contribution in [0, 0.1) is 0 Å². The fourth-order valence-electron chi connectivity index (χ4n) is 2.39. The molecule has 0 radical (unpaired) electrons. The number of carbonyl (C=O) groups excluding carboxylic acids is 2. The Balaban J connectivity index is 1.91. The number of aromatic nitrogens is 1. The summed E-state index contributed by atoms with van der Waals surface area (Å²) < 4.78 is 12.2. The van der Waals surface area contributed by atoms with E-state index in [1.54, 1.807) is 39.0 Å². The van der Waals surface area contributed by atoms with E-state index in [2.05, 4.69) is 5.32 Å². The first kappa shape index (κ1) is 19.5. The fourth-order valence-corrected chi connectivity index (χ4v) is 2.39. The van der Waals surface area contributed by atoms with Crippen LogP contribution in [0.5, 0.6) is 5.75 Å². The van der Waals surface area contributed by atoms with Gasteiger partial charge in [0.15, 0.2) is 0 Å². The normalized spacial score (nSPS) is 11.2. The summed E-state index contributed by atoms with van der Waals surface area (Å²) >= 11 is 0. The Labute approximate surface area is 151 Å². The molecule has 26 heavy (non-hydrogen) atoms. The molecule has 1 aromatic carbocycles. The minimum atomic E-state index is -0.525. The van der Waals surface area contributed by atoms with Gasteiger partial charge in [0.1, 0.15) is 17.6 Å². The van der Waals surface area contributed by atoms with Gasteiger partial charge in [-0.15, -0.1) is 0 Å². The zero-order valence-corrected chi connectivity index (χ0v) is 15.3. The first-order chi connectivity index (χ1) is 12.3.